The van der Waals surface area contributed by atoms with Gasteiger partial charge in [0.15, 0.2) is 0 Å². The van der Waals surface area contributed by atoms with Crippen LogP contribution in [0, 0.1) is 5.92 Å². The van der Waals surface area contributed by atoms with E-state index in [0.717, 1.165) is 39.0 Å². The molecule has 82 valence electrons. The van der Waals surface area contributed by atoms with Crippen molar-refractivity contribution in [1.29, 1.82) is 0 Å². The molecular weight excluding hydrogens is 176 g/mol. The van der Waals surface area contributed by atoms with Crippen LogP contribution in [0.1, 0.15) is 33.1 Å². The van der Waals surface area contributed by atoms with Crippen LogP contribution in [-0.2, 0) is 4.79 Å². The van der Waals surface area contributed by atoms with E-state index in [9.17, 15) is 4.79 Å². The van der Waals surface area contributed by atoms with Gasteiger partial charge in [0.2, 0.25) is 5.91 Å². The summed E-state index contributed by atoms with van der Waals surface area (Å²) in [4.78, 5) is 13.7. The van der Waals surface area contributed by atoms with E-state index < -0.39 is 0 Å². The lowest BCUT2D eigenvalue weighted by Crippen LogP contribution is -2.35. The van der Waals surface area contributed by atoms with E-state index in [2.05, 4.69) is 19.2 Å². The molecule has 1 aliphatic heterocycles. The number of rotatable bonds is 3. The average molecular weight is 198 g/mol. The Morgan fingerprint density at radius 2 is 2.29 bits per heavy atom. The van der Waals surface area contributed by atoms with Crippen molar-refractivity contribution in [3.8, 4) is 0 Å². The second kappa shape index (κ2) is 6.02. The van der Waals surface area contributed by atoms with Crippen molar-refractivity contribution in [2.75, 3.05) is 26.2 Å². The summed E-state index contributed by atoms with van der Waals surface area (Å²) in [6, 6.07) is 0. The highest BCUT2D eigenvalue weighted by atomic mass is 16.2. The molecule has 0 spiro atoms. The van der Waals surface area contributed by atoms with Gasteiger partial charge in [-0.25, -0.2) is 0 Å². The van der Waals surface area contributed by atoms with Crippen LogP contribution in [0.15, 0.2) is 0 Å². The largest absolute Gasteiger partial charge is 0.341 e. The minimum absolute atomic E-state index is 0.328. The molecule has 1 atom stereocenters. The fourth-order valence-electron chi connectivity index (χ4n) is 1.86. The Morgan fingerprint density at radius 1 is 1.50 bits per heavy atom. The molecule has 1 rings (SSSR count). The molecule has 0 aromatic carbocycles. The maximum Gasteiger partial charge on any atom is 0.222 e. The van der Waals surface area contributed by atoms with Crippen LogP contribution in [0.4, 0.5) is 0 Å². The van der Waals surface area contributed by atoms with Crippen LogP contribution in [0.25, 0.3) is 0 Å². The highest BCUT2D eigenvalue weighted by Gasteiger charge is 2.19. The Hall–Kier alpha value is -0.570. The smallest absolute Gasteiger partial charge is 0.222 e. The molecule has 1 N–H and O–H groups in total. The van der Waals surface area contributed by atoms with Crippen LogP contribution < -0.4 is 5.32 Å². The van der Waals surface area contributed by atoms with E-state index in [-0.39, 0.29) is 0 Å². The van der Waals surface area contributed by atoms with Crippen molar-refractivity contribution in [3.63, 3.8) is 0 Å². The Bertz CT molecular complexity index is 182. The molecule has 14 heavy (non-hydrogen) atoms. The standard InChI is InChI=1S/C11H22N2O/c1-3-5-11(14)13-7-6-12-8-10(4-2)9-13/h10,12H,3-9H2,1-2H3. The number of hydrogen-bond donors (Lipinski definition) is 1. The molecule has 1 unspecified atom stereocenters. The predicted molar refractivity (Wildman–Crippen MR) is 58.1 cm³/mol. The highest BCUT2D eigenvalue weighted by Crippen LogP contribution is 2.09. The quantitative estimate of drug-likeness (QED) is 0.740. The first-order valence-electron chi connectivity index (χ1n) is 5.76. The number of amides is 1. The SMILES string of the molecule is CCCC(=O)N1CCNCC(CC)C1. The Morgan fingerprint density at radius 3 is 2.93 bits per heavy atom. The van der Waals surface area contributed by atoms with Crippen LogP contribution in [-0.4, -0.2) is 37.0 Å². The van der Waals surface area contributed by atoms with Crippen molar-refractivity contribution in [1.82, 2.24) is 10.2 Å². The molecule has 0 aromatic heterocycles. The first-order valence-corrected chi connectivity index (χ1v) is 5.76. The third kappa shape index (κ3) is 3.29. The van der Waals surface area contributed by atoms with Crippen LogP contribution >= 0.6 is 0 Å². The first kappa shape index (κ1) is 11.5. The monoisotopic (exact) mass is 198 g/mol. The van der Waals surface area contributed by atoms with Gasteiger partial charge in [-0.05, 0) is 18.9 Å². The Labute approximate surface area is 86.9 Å². The molecule has 0 radical (unpaired) electrons. The van der Waals surface area contributed by atoms with Gasteiger partial charge in [0.25, 0.3) is 0 Å². The molecule has 1 amide bonds. The fourth-order valence-corrected chi connectivity index (χ4v) is 1.86. The molecule has 0 aromatic rings. The van der Waals surface area contributed by atoms with Crippen LogP contribution in [0.5, 0.6) is 0 Å². The molecule has 0 bridgehead atoms. The number of nitrogens with zero attached hydrogens (tertiary/aromatic N) is 1. The second-order valence-electron chi connectivity index (χ2n) is 4.07. The molecule has 1 heterocycles. The topological polar surface area (TPSA) is 32.3 Å². The number of hydrogen-bond acceptors (Lipinski definition) is 2. The molecular formula is C11H22N2O. The lowest BCUT2D eigenvalue weighted by molar-refractivity contribution is -0.131. The molecule has 3 nitrogen and oxygen atoms in total. The third-order valence-electron chi connectivity index (χ3n) is 2.86. The highest BCUT2D eigenvalue weighted by molar-refractivity contribution is 5.76. The van der Waals surface area contributed by atoms with E-state index >= 15 is 0 Å². The number of carbonyl (C=O) groups excluding carboxylic acids is 1. The van der Waals surface area contributed by atoms with Gasteiger partial charge in [0, 0.05) is 26.1 Å². The summed E-state index contributed by atoms with van der Waals surface area (Å²) < 4.78 is 0. The van der Waals surface area contributed by atoms with Crippen molar-refractivity contribution < 1.29 is 4.79 Å². The first-order chi connectivity index (χ1) is 6.77. The summed E-state index contributed by atoms with van der Waals surface area (Å²) in [5.41, 5.74) is 0. The maximum atomic E-state index is 11.7. The Balaban J connectivity index is 2.45. The van der Waals surface area contributed by atoms with Crippen molar-refractivity contribution >= 4 is 5.91 Å². The minimum Gasteiger partial charge on any atom is -0.341 e. The molecule has 0 saturated carbocycles. The molecule has 1 fully saturated rings. The fraction of sp³-hybridized carbons (Fsp3) is 0.909. The molecule has 3 heteroatoms. The molecule has 1 saturated heterocycles. The molecule has 1 aliphatic rings. The van der Waals surface area contributed by atoms with Crippen molar-refractivity contribution in [2.24, 2.45) is 5.92 Å². The van der Waals surface area contributed by atoms with E-state index in [1.807, 2.05) is 4.90 Å². The van der Waals surface area contributed by atoms with Gasteiger partial charge < -0.3 is 10.2 Å². The van der Waals surface area contributed by atoms with Gasteiger partial charge in [-0.1, -0.05) is 20.3 Å². The van der Waals surface area contributed by atoms with Crippen LogP contribution in [0.2, 0.25) is 0 Å². The lowest BCUT2D eigenvalue weighted by Gasteiger charge is -2.23. The van der Waals surface area contributed by atoms with Gasteiger partial charge in [-0.2, -0.15) is 0 Å². The number of nitrogens with one attached hydrogen (secondary N) is 1. The third-order valence-corrected chi connectivity index (χ3v) is 2.86. The maximum absolute atomic E-state index is 11.7. The zero-order valence-corrected chi connectivity index (χ0v) is 9.38. The van der Waals surface area contributed by atoms with Gasteiger partial charge in [0.05, 0.1) is 0 Å². The van der Waals surface area contributed by atoms with Crippen LogP contribution in [0.3, 0.4) is 0 Å². The zero-order valence-electron chi connectivity index (χ0n) is 9.38. The molecule has 0 aliphatic carbocycles. The number of carbonyl (C=O) groups is 1. The van der Waals surface area contributed by atoms with E-state index in [4.69, 9.17) is 0 Å². The minimum atomic E-state index is 0.328. The summed E-state index contributed by atoms with van der Waals surface area (Å²) >= 11 is 0. The van der Waals surface area contributed by atoms with Gasteiger partial charge >= 0.3 is 0 Å². The van der Waals surface area contributed by atoms with Gasteiger partial charge in [-0.3, -0.25) is 4.79 Å². The predicted octanol–water partition coefficient (Wildman–Crippen LogP) is 1.24. The van der Waals surface area contributed by atoms with E-state index in [1.165, 1.54) is 0 Å². The summed E-state index contributed by atoms with van der Waals surface area (Å²) in [6.45, 7) is 8.10. The summed E-state index contributed by atoms with van der Waals surface area (Å²) in [6.07, 6.45) is 2.82. The summed E-state index contributed by atoms with van der Waals surface area (Å²) in [5, 5.41) is 3.38. The van der Waals surface area contributed by atoms with Crippen molar-refractivity contribution in [3.05, 3.63) is 0 Å². The zero-order chi connectivity index (χ0) is 10.4. The summed E-state index contributed by atoms with van der Waals surface area (Å²) in [7, 11) is 0. The lowest BCUT2D eigenvalue weighted by atomic mass is 10.1. The normalized spacial score (nSPS) is 23.3. The van der Waals surface area contributed by atoms with Crippen molar-refractivity contribution in [2.45, 2.75) is 33.1 Å². The van der Waals surface area contributed by atoms with E-state index in [1.54, 1.807) is 0 Å². The average Bonchev–Trinajstić information content (AvgIpc) is 2.43. The van der Waals surface area contributed by atoms with E-state index in [0.29, 0.717) is 18.2 Å². The van der Waals surface area contributed by atoms with Gasteiger partial charge in [-0.15, -0.1) is 0 Å². The Kier molecular flexibility index (Phi) is 4.94. The summed E-state index contributed by atoms with van der Waals surface area (Å²) in [5.74, 6) is 0.966. The second-order valence-corrected chi connectivity index (χ2v) is 4.07. The van der Waals surface area contributed by atoms with Gasteiger partial charge in [0.1, 0.15) is 0 Å².